The second kappa shape index (κ2) is 10.4. The Morgan fingerprint density at radius 3 is 2.19 bits per heavy atom. The average molecular weight is 497 g/mol. The van der Waals surface area contributed by atoms with Gasteiger partial charge in [-0.1, -0.05) is 76.2 Å². The molecule has 2 aliphatic rings. The van der Waals surface area contributed by atoms with Crippen LogP contribution in [0, 0.1) is 0 Å². The minimum Gasteiger partial charge on any atom is -0.394 e. The Bertz CT molecular complexity index is 1090. The van der Waals surface area contributed by atoms with Crippen molar-refractivity contribution in [3.8, 4) is 0 Å². The quantitative estimate of drug-likeness (QED) is 0.453. The van der Waals surface area contributed by atoms with Gasteiger partial charge in [-0.3, -0.25) is 0 Å². The van der Waals surface area contributed by atoms with Gasteiger partial charge in [-0.25, -0.2) is 0 Å². The molecule has 1 saturated heterocycles. The molecule has 0 unspecified atom stereocenters. The van der Waals surface area contributed by atoms with E-state index in [4.69, 9.17) is 9.47 Å². The number of allylic oxidation sites excluding steroid dienone is 1. The highest BCUT2D eigenvalue weighted by atomic mass is 16.7. The van der Waals surface area contributed by atoms with Gasteiger partial charge in [-0.05, 0) is 64.0 Å². The summed E-state index contributed by atoms with van der Waals surface area (Å²) in [6.07, 6.45) is -1.81. The van der Waals surface area contributed by atoms with Crippen molar-refractivity contribution >= 4 is 11.6 Å². The van der Waals surface area contributed by atoms with Crippen molar-refractivity contribution in [2.75, 3.05) is 6.61 Å². The van der Waals surface area contributed by atoms with Gasteiger partial charge in [0.15, 0.2) is 6.29 Å². The lowest BCUT2D eigenvalue weighted by molar-refractivity contribution is -0.304. The number of fused-ring (bicyclic) bond motifs is 1. The van der Waals surface area contributed by atoms with Crippen LogP contribution in [-0.2, 0) is 26.9 Å². The molecule has 0 aromatic heterocycles. The van der Waals surface area contributed by atoms with Gasteiger partial charge in [0.25, 0.3) is 0 Å². The first-order valence-electron chi connectivity index (χ1n) is 12.8. The van der Waals surface area contributed by atoms with Crippen LogP contribution in [0.4, 0.5) is 0 Å². The van der Waals surface area contributed by atoms with E-state index in [1.165, 1.54) is 35.1 Å². The SMILES string of the molecule is CC(=Cc1ccc(CO[C@H]2O[C@H](CO)[C@@H](O)[C@H](O)[C@H]2O)cc1)c1ccc2c(c1)C(C)(C)CCC2(C)C. The van der Waals surface area contributed by atoms with E-state index in [2.05, 4.69) is 58.9 Å². The van der Waals surface area contributed by atoms with Gasteiger partial charge in [0.1, 0.15) is 24.4 Å². The lowest BCUT2D eigenvalue weighted by atomic mass is 9.63. The molecule has 1 aliphatic heterocycles. The highest BCUT2D eigenvalue weighted by Crippen LogP contribution is 2.46. The van der Waals surface area contributed by atoms with Gasteiger partial charge >= 0.3 is 0 Å². The van der Waals surface area contributed by atoms with Gasteiger partial charge < -0.3 is 29.9 Å². The maximum Gasteiger partial charge on any atom is 0.187 e. The Morgan fingerprint density at radius 1 is 0.917 bits per heavy atom. The third-order valence-electron chi connectivity index (χ3n) is 7.93. The van der Waals surface area contributed by atoms with Crippen molar-refractivity contribution in [1.29, 1.82) is 0 Å². The summed E-state index contributed by atoms with van der Waals surface area (Å²) >= 11 is 0. The molecular weight excluding hydrogens is 456 g/mol. The molecule has 6 heteroatoms. The van der Waals surface area contributed by atoms with Gasteiger partial charge in [0, 0.05) is 0 Å². The second-order valence-corrected chi connectivity index (χ2v) is 11.6. The number of ether oxygens (including phenoxy) is 2. The van der Waals surface area contributed by atoms with E-state index in [0.717, 1.165) is 11.1 Å². The summed E-state index contributed by atoms with van der Waals surface area (Å²) in [5.41, 5.74) is 7.65. The van der Waals surface area contributed by atoms with Crippen molar-refractivity contribution < 1.29 is 29.9 Å². The minimum atomic E-state index is -1.45. The average Bonchev–Trinajstić information content (AvgIpc) is 2.86. The maximum absolute atomic E-state index is 10.1. The summed E-state index contributed by atoms with van der Waals surface area (Å²) in [5.74, 6) is 0. The molecule has 2 aromatic carbocycles. The smallest absolute Gasteiger partial charge is 0.187 e. The predicted octanol–water partition coefficient (Wildman–Crippen LogP) is 3.91. The summed E-state index contributed by atoms with van der Waals surface area (Å²) in [7, 11) is 0. The molecule has 0 amide bonds. The third kappa shape index (κ3) is 5.44. The molecule has 2 aromatic rings. The fourth-order valence-corrected chi connectivity index (χ4v) is 5.26. The molecule has 4 N–H and O–H groups in total. The molecule has 0 spiro atoms. The fraction of sp³-hybridized carbons (Fsp3) is 0.533. The first kappa shape index (κ1) is 27.0. The lowest BCUT2D eigenvalue weighted by Crippen LogP contribution is -2.59. The normalized spacial score (nSPS) is 29.6. The summed E-state index contributed by atoms with van der Waals surface area (Å²) in [4.78, 5) is 0. The minimum absolute atomic E-state index is 0.154. The number of hydrogen-bond donors (Lipinski definition) is 4. The second-order valence-electron chi connectivity index (χ2n) is 11.6. The molecule has 0 saturated carbocycles. The molecule has 6 nitrogen and oxygen atoms in total. The van der Waals surface area contributed by atoms with Crippen LogP contribution < -0.4 is 0 Å². The molecule has 1 aliphatic carbocycles. The van der Waals surface area contributed by atoms with Gasteiger partial charge in [-0.15, -0.1) is 0 Å². The van der Waals surface area contributed by atoms with Crippen molar-refractivity contribution in [1.82, 2.24) is 0 Å². The Morgan fingerprint density at radius 2 is 1.56 bits per heavy atom. The van der Waals surface area contributed by atoms with E-state index in [1.54, 1.807) is 0 Å². The molecule has 36 heavy (non-hydrogen) atoms. The Kier molecular flexibility index (Phi) is 7.77. The van der Waals surface area contributed by atoms with E-state index in [9.17, 15) is 20.4 Å². The van der Waals surface area contributed by atoms with Gasteiger partial charge in [0.2, 0.25) is 0 Å². The first-order chi connectivity index (χ1) is 16.9. The number of rotatable bonds is 6. The molecular formula is C30H40O6. The van der Waals surface area contributed by atoms with E-state index >= 15 is 0 Å². The number of aliphatic hydroxyl groups is 4. The summed E-state index contributed by atoms with van der Waals surface area (Å²) in [6, 6.07) is 14.8. The molecule has 1 fully saturated rings. The summed E-state index contributed by atoms with van der Waals surface area (Å²) in [5, 5.41) is 39.3. The molecule has 4 rings (SSSR count). The largest absolute Gasteiger partial charge is 0.394 e. The van der Waals surface area contributed by atoms with Crippen LogP contribution in [0.5, 0.6) is 0 Å². The van der Waals surface area contributed by atoms with Crippen molar-refractivity contribution in [2.45, 2.75) is 95.6 Å². The molecule has 0 bridgehead atoms. The Balaban J connectivity index is 1.44. The van der Waals surface area contributed by atoms with Crippen LogP contribution in [0.2, 0.25) is 0 Å². The molecule has 0 radical (unpaired) electrons. The maximum atomic E-state index is 10.1. The summed E-state index contributed by atoms with van der Waals surface area (Å²) < 4.78 is 11.0. The summed E-state index contributed by atoms with van der Waals surface area (Å²) in [6.45, 7) is 11.2. The van der Waals surface area contributed by atoms with Crippen LogP contribution in [0.3, 0.4) is 0 Å². The number of aliphatic hydroxyl groups excluding tert-OH is 4. The van der Waals surface area contributed by atoms with Gasteiger partial charge in [0.05, 0.1) is 13.2 Å². The number of benzene rings is 2. The van der Waals surface area contributed by atoms with Crippen LogP contribution in [0.25, 0.3) is 11.6 Å². The Hall–Kier alpha value is -2.06. The van der Waals surface area contributed by atoms with Crippen LogP contribution in [-0.4, -0.2) is 57.7 Å². The monoisotopic (exact) mass is 496 g/mol. The number of hydrogen-bond acceptors (Lipinski definition) is 6. The van der Waals surface area contributed by atoms with Crippen LogP contribution in [0.15, 0.2) is 42.5 Å². The highest BCUT2D eigenvalue weighted by molar-refractivity contribution is 5.80. The van der Waals surface area contributed by atoms with Gasteiger partial charge in [-0.2, -0.15) is 0 Å². The van der Waals surface area contributed by atoms with Crippen LogP contribution >= 0.6 is 0 Å². The lowest BCUT2D eigenvalue weighted by Gasteiger charge is -2.42. The van der Waals surface area contributed by atoms with E-state index < -0.39 is 37.3 Å². The van der Waals surface area contributed by atoms with Crippen molar-refractivity contribution in [3.63, 3.8) is 0 Å². The molecule has 5 atom stereocenters. The third-order valence-corrected chi connectivity index (χ3v) is 7.93. The van der Waals surface area contributed by atoms with E-state index in [0.29, 0.717) is 0 Å². The topological polar surface area (TPSA) is 99.4 Å². The standard InChI is InChI=1S/C30H40O6/c1-18(21-10-11-22-23(15-21)30(4,5)13-12-29(22,2)3)14-19-6-8-20(9-7-19)17-35-28-27(34)26(33)25(32)24(16-31)36-28/h6-11,14-15,24-28,31-34H,12-13,16-17H2,1-5H3/t24-,25-,26+,27-,28+/m1/s1. The van der Waals surface area contributed by atoms with Crippen molar-refractivity contribution in [2.24, 2.45) is 0 Å². The fourth-order valence-electron chi connectivity index (χ4n) is 5.26. The van der Waals surface area contributed by atoms with Crippen LogP contribution in [0.1, 0.15) is 75.3 Å². The predicted molar refractivity (Wildman–Crippen MR) is 140 cm³/mol. The zero-order valence-electron chi connectivity index (χ0n) is 21.9. The zero-order valence-corrected chi connectivity index (χ0v) is 21.9. The molecule has 1 heterocycles. The van der Waals surface area contributed by atoms with Crippen molar-refractivity contribution in [3.05, 3.63) is 70.3 Å². The van der Waals surface area contributed by atoms with E-state index in [-0.39, 0.29) is 17.4 Å². The highest BCUT2D eigenvalue weighted by Gasteiger charge is 2.44. The molecule has 196 valence electrons. The zero-order chi connectivity index (χ0) is 26.3. The Labute approximate surface area is 214 Å². The first-order valence-corrected chi connectivity index (χ1v) is 12.8. The van der Waals surface area contributed by atoms with E-state index in [1.807, 2.05) is 24.3 Å².